The van der Waals surface area contributed by atoms with Crippen LogP contribution in [0.4, 0.5) is 0 Å². The van der Waals surface area contributed by atoms with Crippen LogP contribution >= 0.6 is 0 Å². The van der Waals surface area contributed by atoms with E-state index in [0.29, 0.717) is 36.9 Å². The Bertz CT molecular complexity index is 824. The van der Waals surface area contributed by atoms with Gasteiger partial charge < -0.3 is 13.9 Å². The summed E-state index contributed by atoms with van der Waals surface area (Å²) < 4.78 is 18.0. The van der Waals surface area contributed by atoms with Gasteiger partial charge in [0, 0.05) is 12.7 Å². The average Bonchev–Trinajstić information content (AvgIpc) is 2.66. The Morgan fingerprint density at radius 3 is 2.50 bits per heavy atom. The van der Waals surface area contributed by atoms with Gasteiger partial charge in [0.2, 0.25) is 0 Å². The molecule has 1 unspecified atom stereocenters. The molecule has 0 bridgehead atoms. The first kappa shape index (κ1) is 20.6. The van der Waals surface area contributed by atoms with Crippen LogP contribution in [0.1, 0.15) is 36.7 Å². The van der Waals surface area contributed by atoms with Crippen LogP contribution in [0.5, 0.6) is 11.5 Å². The number of rotatable bonds is 6. The summed E-state index contributed by atoms with van der Waals surface area (Å²) in [6, 6.07) is 15.4. The Morgan fingerprint density at radius 1 is 1.11 bits per heavy atom. The number of ether oxygens (including phenoxy) is 2. The summed E-state index contributed by atoms with van der Waals surface area (Å²) in [4.78, 5) is 12.9. The molecule has 0 spiro atoms. The molecule has 3 rings (SSSR count). The van der Waals surface area contributed by atoms with E-state index in [0.717, 1.165) is 5.56 Å². The van der Waals surface area contributed by atoms with Crippen molar-refractivity contribution in [2.75, 3.05) is 13.2 Å². The number of fused-ring (bicyclic) bond motifs is 1. The summed E-state index contributed by atoms with van der Waals surface area (Å²) in [6.07, 6.45) is 0. The van der Waals surface area contributed by atoms with Gasteiger partial charge in [0.05, 0.1) is 11.5 Å². The summed E-state index contributed by atoms with van der Waals surface area (Å²) in [5.41, 5.74) is 1.71. The van der Waals surface area contributed by atoms with Crippen molar-refractivity contribution in [1.29, 1.82) is 0 Å². The number of hydrogen-bond donors (Lipinski definition) is 0. The maximum atomic E-state index is 12.9. The van der Waals surface area contributed by atoms with Crippen LogP contribution < -0.4 is 9.47 Å². The van der Waals surface area contributed by atoms with Crippen LogP contribution in [0.3, 0.4) is 0 Å². The van der Waals surface area contributed by atoms with E-state index in [-0.39, 0.29) is 16.7 Å². The van der Waals surface area contributed by atoms with E-state index in [9.17, 15) is 4.79 Å². The van der Waals surface area contributed by atoms with E-state index in [4.69, 9.17) is 13.9 Å². The third-order valence-electron chi connectivity index (χ3n) is 5.73. The van der Waals surface area contributed by atoms with Crippen molar-refractivity contribution in [2.24, 2.45) is 5.92 Å². The van der Waals surface area contributed by atoms with Crippen molar-refractivity contribution in [3.05, 3.63) is 59.7 Å². The number of benzene rings is 2. The Morgan fingerprint density at radius 2 is 1.82 bits per heavy atom. The maximum Gasteiger partial charge on any atom is 0.192 e. The Hall–Kier alpha value is -2.11. The van der Waals surface area contributed by atoms with Crippen LogP contribution in [-0.2, 0) is 11.0 Å². The molecule has 0 amide bonds. The van der Waals surface area contributed by atoms with Crippen LogP contribution in [0.25, 0.3) is 0 Å². The quantitative estimate of drug-likeness (QED) is 0.605. The Kier molecular flexibility index (Phi) is 5.96. The van der Waals surface area contributed by atoms with Gasteiger partial charge in [0.15, 0.2) is 14.1 Å². The molecule has 0 radical (unpaired) electrons. The fraction of sp³-hybridized carbons (Fsp3) is 0.435. The topological polar surface area (TPSA) is 44.8 Å². The SMILES string of the molecule is CC(C)(C)[Si](C)(C)OCC1COc2cc(OCc3ccccc3)ccc2C1=O. The molecule has 1 aliphatic heterocycles. The minimum absolute atomic E-state index is 0.0922. The van der Waals surface area contributed by atoms with Crippen molar-refractivity contribution >= 4 is 14.1 Å². The molecule has 0 saturated carbocycles. The first-order valence-corrected chi connectivity index (χ1v) is 12.7. The zero-order valence-electron chi connectivity index (χ0n) is 17.5. The smallest absolute Gasteiger partial charge is 0.192 e. The largest absolute Gasteiger partial charge is 0.492 e. The molecule has 0 N–H and O–H groups in total. The van der Waals surface area contributed by atoms with Gasteiger partial charge in [-0.2, -0.15) is 0 Å². The highest BCUT2D eigenvalue weighted by Gasteiger charge is 2.39. The molecule has 4 nitrogen and oxygen atoms in total. The lowest BCUT2D eigenvalue weighted by molar-refractivity contribution is 0.0746. The Balaban J connectivity index is 1.63. The molecule has 150 valence electrons. The molecule has 0 aliphatic carbocycles. The minimum atomic E-state index is -1.89. The second kappa shape index (κ2) is 8.09. The second-order valence-electron chi connectivity index (χ2n) is 8.88. The predicted octanol–water partition coefficient (Wildman–Crippen LogP) is 5.48. The lowest BCUT2D eigenvalue weighted by Crippen LogP contribution is -2.44. The van der Waals surface area contributed by atoms with Crippen molar-refractivity contribution < 1.29 is 18.7 Å². The first-order valence-electron chi connectivity index (χ1n) is 9.79. The van der Waals surface area contributed by atoms with Crippen LogP contribution in [0.15, 0.2) is 48.5 Å². The van der Waals surface area contributed by atoms with Gasteiger partial charge in [-0.1, -0.05) is 51.1 Å². The molecule has 0 fully saturated rings. The second-order valence-corrected chi connectivity index (χ2v) is 13.7. The standard InChI is InChI=1S/C23H30O4Si/c1-23(2,3)28(4,5)27-16-18-15-26-21-13-19(11-12-20(21)22(18)24)25-14-17-9-7-6-8-10-17/h6-13,18H,14-16H2,1-5H3. The Labute approximate surface area is 169 Å². The fourth-order valence-corrected chi connectivity index (χ4v) is 3.84. The number of carbonyl (C=O) groups excluding carboxylic acids is 1. The summed E-state index contributed by atoms with van der Waals surface area (Å²) in [5, 5.41) is 0.120. The highest BCUT2D eigenvalue weighted by molar-refractivity contribution is 6.74. The highest BCUT2D eigenvalue weighted by Crippen LogP contribution is 2.38. The molecular formula is C23H30O4Si. The summed E-state index contributed by atoms with van der Waals surface area (Å²) in [6.45, 7) is 12.2. The van der Waals surface area contributed by atoms with E-state index >= 15 is 0 Å². The van der Waals surface area contributed by atoms with Crippen molar-refractivity contribution in [3.63, 3.8) is 0 Å². The molecule has 28 heavy (non-hydrogen) atoms. The van der Waals surface area contributed by atoms with Crippen LogP contribution in [0, 0.1) is 5.92 Å². The van der Waals surface area contributed by atoms with Gasteiger partial charge in [0.1, 0.15) is 24.7 Å². The van der Waals surface area contributed by atoms with E-state index in [1.807, 2.05) is 36.4 Å². The summed E-state index contributed by atoms with van der Waals surface area (Å²) >= 11 is 0. The molecule has 0 aromatic heterocycles. The van der Waals surface area contributed by atoms with E-state index < -0.39 is 8.32 Å². The van der Waals surface area contributed by atoms with Gasteiger partial charge in [-0.15, -0.1) is 0 Å². The summed E-state index contributed by atoms with van der Waals surface area (Å²) in [7, 11) is -1.89. The maximum absolute atomic E-state index is 12.9. The molecule has 0 saturated heterocycles. The van der Waals surface area contributed by atoms with Crippen LogP contribution in [0.2, 0.25) is 18.1 Å². The van der Waals surface area contributed by atoms with E-state index in [2.05, 4.69) is 33.9 Å². The first-order chi connectivity index (χ1) is 13.2. The molecule has 1 heterocycles. The zero-order chi connectivity index (χ0) is 20.4. The third-order valence-corrected chi connectivity index (χ3v) is 10.2. The van der Waals surface area contributed by atoms with Crippen LogP contribution in [-0.4, -0.2) is 27.3 Å². The predicted molar refractivity (Wildman–Crippen MR) is 114 cm³/mol. The van der Waals surface area contributed by atoms with Gasteiger partial charge in [0.25, 0.3) is 0 Å². The molecule has 2 aromatic carbocycles. The molecule has 2 aromatic rings. The molecular weight excluding hydrogens is 368 g/mol. The molecule has 1 atom stereocenters. The third kappa shape index (κ3) is 4.65. The van der Waals surface area contributed by atoms with Gasteiger partial charge >= 0.3 is 0 Å². The number of ketones is 1. The fourth-order valence-electron chi connectivity index (χ4n) is 2.79. The van der Waals surface area contributed by atoms with E-state index in [1.54, 1.807) is 12.1 Å². The van der Waals surface area contributed by atoms with Gasteiger partial charge in [-0.05, 0) is 35.8 Å². The van der Waals surface area contributed by atoms with Gasteiger partial charge in [-0.25, -0.2) is 0 Å². The lowest BCUT2D eigenvalue weighted by Gasteiger charge is -2.37. The number of carbonyl (C=O) groups is 1. The minimum Gasteiger partial charge on any atom is -0.492 e. The van der Waals surface area contributed by atoms with Crippen molar-refractivity contribution in [1.82, 2.24) is 0 Å². The van der Waals surface area contributed by atoms with Crippen molar-refractivity contribution in [2.45, 2.75) is 45.5 Å². The van der Waals surface area contributed by atoms with E-state index in [1.165, 1.54) is 0 Å². The highest BCUT2D eigenvalue weighted by atomic mass is 28.4. The lowest BCUT2D eigenvalue weighted by atomic mass is 9.96. The van der Waals surface area contributed by atoms with Gasteiger partial charge in [-0.3, -0.25) is 4.79 Å². The number of hydrogen-bond acceptors (Lipinski definition) is 4. The monoisotopic (exact) mass is 398 g/mol. The zero-order valence-corrected chi connectivity index (χ0v) is 18.5. The number of Topliss-reactive ketones (excluding diaryl/α,β-unsaturated/α-hetero) is 1. The molecule has 5 heteroatoms. The molecule has 1 aliphatic rings. The summed E-state index contributed by atoms with van der Waals surface area (Å²) in [5.74, 6) is 1.14. The average molecular weight is 399 g/mol. The normalized spacial score (nSPS) is 17.0. The van der Waals surface area contributed by atoms with Crippen molar-refractivity contribution in [3.8, 4) is 11.5 Å².